The molecular weight excluding hydrogens is 628 g/mol. The third-order valence-electron chi connectivity index (χ3n) is 9.83. The normalized spacial score (nSPS) is 22.3. The summed E-state index contributed by atoms with van der Waals surface area (Å²) < 4.78 is 31.7. The Hall–Kier alpha value is -2.17. The molecule has 0 aromatic heterocycles. The highest BCUT2D eigenvalue weighted by atomic mass is 28.4. The van der Waals surface area contributed by atoms with Crippen molar-refractivity contribution in [3.63, 3.8) is 0 Å². The predicted octanol–water partition coefficient (Wildman–Crippen LogP) is 10.0. The summed E-state index contributed by atoms with van der Waals surface area (Å²) in [4.78, 5) is 29.1. The number of rotatable bonds is 5. The first kappa shape index (κ1) is 42.0. The number of likely N-dealkylation sites (tertiary alicyclic amines) is 2. The smallest absolute Gasteiger partial charge is 0.411 e. The number of aliphatic hydroxyl groups excluding tert-OH is 1. The van der Waals surface area contributed by atoms with Gasteiger partial charge >= 0.3 is 12.2 Å². The van der Waals surface area contributed by atoms with E-state index in [4.69, 9.17) is 13.9 Å². The number of ether oxygens (including phenoxy) is 2. The van der Waals surface area contributed by atoms with Gasteiger partial charge in [0.2, 0.25) is 0 Å². The van der Waals surface area contributed by atoms with Crippen LogP contribution in [0.2, 0.25) is 18.1 Å². The van der Waals surface area contributed by atoms with Crippen LogP contribution >= 0.6 is 0 Å². The lowest BCUT2D eigenvalue weighted by Gasteiger charge is -2.49. The van der Waals surface area contributed by atoms with Crippen LogP contribution in [-0.2, 0) is 13.9 Å². The van der Waals surface area contributed by atoms with Crippen LogP contribution in [0.4, 0.5) is 14.0 Å². The maximum absolute atomic E-state index is 14.1. The van der Waals surface area contributed by atoms with Crippen molar-refractivity contribution >= 4 is 20.5 Å². The van der Waals surface area contributed by atoms with Gasteiger partial charge in [0, 0.05) is 16.6 Å². The highest BCUT2D eigenvalue weighted by Crippen LogP contribution is 2.40. The summed E-state index contributed by atoms with van der Waals surface area (Å²) in [5.74, 6) is -0.461. The molecule has 2 amide bonds. The lowest BCUT2D eigenvalue weighted by atomic mass is 9.83. The maximum Gasteiger partial charge on any atom is 0.411 e. The molecule has 0 spiro atoms. The molecule has 10 heteroatoms. The highest BCUT2D eigenvalue weighted by Gasteiger charge is 2.46. The Morgan fingerprint density at radius 2 is 1.31 bits per heavy atom. The number of hydrogen-bond acceptors (Lipinski definition) is 6. The standard InChI is InChI=1S/C19H28FNO3.C19H39NO3Si/c1-18(2,3)24-17(23)21-15(11-8-12-19(21,4)5)16(22)13-9-6-7-10-14(13)20;1-17(2,3)23-16(21)20-15(12-11-13-19(20,7)8)14-22-24(9,10)18(4,5)6/h6-7,9-10,15-16,22H,8,11-12H2,1-5H3;15H,11-14H2,1-10H3/t15-,16-;15-/m00/s1. The number of amides is 2. The Morgan fingerprint density at radius 1 is 0.854 bits per heavy atom. The average molecular weight is 695 g/mol. The summed E-state index contributed by atoms with van der Waals surface area (Å²) in [6.07, 6.45) is 3.63. The molecule has 0 unspecified atom stereocenters. The molecule has 8 nitrogen and oxygen atoms in total. The largest absolute Gasteiger partial charge is 0.444 e. The highest BCUT2D eigenvalue weighted by molar-refractivity contribution is 6.74. The van der Waals surface area contributed by atoms with Crippen LogP contribution in [0.3, 0.4) is 0 Å². The molecule has 1 aromatic rings. The molecule has 1 N–H and O–H groups in total. The van der Waals surface area contributed by atoms with Crippen molar-refractivity contribution in [2.75, 3.05) is 6.61 Å². The van der Waals surface area contributed by atoms with Gasteiger partial charge in [-0.2, -0.15) is 0 Å². The molecule has 2 aliphatic heterocycles. The van der Waals surface area contributed by atoms with E-state index in [0.717, 1.165) is 32.1 Å². The zero-order valence-corrected chi connectivity index (χ0v) is 33.8. The van der Waals surface area contributed by atoms with Gasteiger partial charge in [0.1, 0.15) is 23.1 Å². The van der Waals surface area contributed by atoms with Gasteiger partial charge in [0.15, 0.2) is 8.32 Å². The molecule has 0 aliphatic carbocycles. The summed E-state index contributed by atoms with van der Waals surface area (Å²) in [6, 6.07) is 5.74. The molecule has 2 saturated heterocycles. The number of carbonyl (C=O) groups excluding carboxylic acids is 2. The molecule has 1 aromatic carbocycles. The van der Waals surface area contributed by atoms with Crippen molar-refractivity contribution in [2.24, 2.45) is 0 Å². The van der Waals surface area contributed by atoms with Crippen LogP contribution < -0.4 is 0 Å². The topological polar surface area (TPSA) is 88.5 Å². The van der Waals surface area contributed by atoms with Crippen molar-refractivity contribution in [3.8, 4) is 0 Å². The summed E-state index contributed by atoms with van der Waals surface area (Å²) in [5, 5.41) is 11.0. The van der Waals surface area contributed by atoms with E-state index in [0.29, 0.717) is 13.0 Å². The summed E-state index contributed by atoms with van der Waals surface area (Å²) >= 11 is 0. The fourth-order valence-electron chi connectivity index (χ4n) is 6.26. The zero-order valence-electron chi connectivity index (χ0n) is 32.8. The number of carbonyl (C=O) groups is 2. The summed E-state index contributed by atoms with van der Waals surface area (Å²) in [6.45, 7) is 31.2. The molecule has 0 bridgehead atoms. The second-order valence-corrected chi connectivity index (χ2v) is 23.2. The van der Waals surface area contributed by atoms with Gasteiger partial charge in [-0.05, 0) is 132 Å². The van der Waals surface area contributed by atoms with Gasteiger partial charge in [0.25, 0.3) is 0 Å². The Bertz CT molecular complexity index is 1230. The second-order valence-electron chi connectivity index (χ2n) is 18.4. The van der Waals surface area contributed by atoms with E-state index in [2.05, 4.69) is 47.7 Å². The first-order valence-electron chi connectivity index (χ1n) is 17.7. The van der Waals surface area contributed by atoms with Gasteiger partial charge in [0.05, 0.1) is 18.7 Å². The molecule has 0 radical (unpaired) electrons. The summed E-state index contributed by atoms with van der Waals surface area (Å²) in [5.41, 5.74) is -1.54. The van der Waals surface area contributed by atoms with Crippen molar-refractivity contribution in [1.29, 1.82) is 0 Å². The SMILES string of the molecule is CC(C)(C)OC(=O)N1[C@H](CO[Si](C)(C)C(C)(C)C)CCCC1(C)C.CC(C)(C)OC(=O)N1[C@H]([C@@H](O)c2ccccc2F)CCCC1(C)C. The molecule has 0 saturated carbocycles. The van der Waals surface area contributed by atoms with Crippen LogP contribution in [0.25, 0.3) is 0 Å². The monoisotopic (exact) mass is 694 g/mol. The number of halogens is 1. The van der Waals surface area contributed by atoms with Gasteiger partial charge in [-0.15, -0.1) is 0 Å². The average Bonchev–Trinajstić information content (AvgIpc) is 2.88. The third-order valence-corrected chi connectivity index (χ3v) is 14.3. The molecule has 3 rings (SSSR count). The Labute approximate surface area is 292 Å². The van der Waals surface area contributed by atoms with Crippen LogP contribution in [-0.4, -0.2) is 76.4 Å². The van der Waals surface area contributed by atoms with Gasteiger partial charge in [-0.1, -0.05) is 39.0 Å². The van der Waals surface area contributed by atoms with Crippen LogP contribution in [0, 0.1) is 5.82 Å². The number of benzene rings is 1. The van der Waals surface area contributed by atoms with E-state index < -0.39 is 49.1 Å². The number of aliphatic hydroxyl groups is 1. The van der Waals surface area contributed by atoms with E-state index in [1.165, 1.54) is 6.07 Å². The van der Waals surface area contributed by atoms with Crippen LogP contribution in [0.15, 0.2) is 24.3 Å². The Balaban J connectivity index is 0.000000333. The lowest BCUT2D eigenvalue weighted by Crippen LogP contribution is -2.59. The first-order valence-corrected chi connectivity index (χ1v) is 20.6. The van der Waals surface area contributed by atoms with Crippen molar-refractivity contribution in [1.82, 2.24) is 9.80 Å². The maximum atomic E-state index is 14.1. The number of piperidine rings is 2. The van der Waals surface area contributed by atoms with Crippen LogP contribution in [0.1, 0.15) is 140 Å². The van der Waals surface area contributed by atoms with Crippen LogP contribution in [0.5, 0.6) is 0 Å². The fraction of sp³-hybridized carbons (Fsp3) is 0.789. The number of nitrogens with zero attached hydrogens (tertiary/aromatic N) is 2. The molecule has 48 heavy (non-hydrogen) atoms. The Kier molecular flexibility index (Phi) is 13.5. The van der Waals surface area contributed by atoms with Crippen molar-refractivity contribution in [2.45, 2.75) is 187 Å². The number of hydrogen-bond donors (Lipinski definition) is 1. The fourth-order valence-corrected chi connectivity index (χ4v) is 7.30. The summed E-state index contributed by atoms with van der Waals surface area (Å²) in [7, 11) is -1.83. The van der Waals surface area contributed by atoms with E-state index in [9.17, 15) is 19.1 Å². The van der Waals surface area contributed by atoms with Gasteiger partial charge < -0.3 is 19.0 Å². The molecule has 2 fully saturated rings. The predicted molar refractivity (Wildman–Crippen MR) is 194 cm³/mol. The molecule has 276 valence electrons. The Morgan fingerprint density at radius 3 is 1.79 bits per heavy atom. The van der Waals surface area contributed by atoms with Gasteiger partial charge in [-0.3, -0.25) is 9.80 Å². The van der Waals surface area contributed by atoms with E-state index in [1.807, 2.05) is 60.3 Å². The molecule has 2 heterocycles. The quantitative estimate of drug-likeness (QED) is 0.309. The van der Waals surface area contributed by atoms with Crippen molar-refractivity contribution in [3.05, 3.63) is 35.6 Å². The minimum Gasteiger partial charge on any atom is -0.444 e. The van der Waals surface area contributed by atoms with Gasteiger partial charge in [-0.25, -0.2) is 14.0 Å². The lowest BCUT2D eigenvalue weighted by molar-refractivity contribution is -0.0581. The first-order chi connectivity index (χ1) is 21.6. The molecular formula is C38H67FN2O6Si. The van der Waals surface area contributed by atoms with E-state index in [-0.39, 0.29) is 28.3 Å². The van der Waals surface area contributed by atoms with E-state index in [1.54, 1.807) is 23.1 Å². The minimum atomic E-state index is -1.83. The third kappa shape index (κ3) is 11.4. The second kappa shape index (κ2) is 15.4. The zero-order chi connectivity index (χ0) is 37.1. The molecule has 2 aliphatic rings. The minimum absolute atomic E-state index is 0.0951. The van der Waals surface area contributed by atoms with E-state index >= 15 is 0 Å². The molecule has 3 atom stereocenters. The van der Waals surface area contributed by atoms with Crippen molar-refractivity contribution < 1.29 is 33.0 Å².